The van der Waals surface area contributed by atoms with Crippen molar-refractivity contribution in [2.75, 3.05) is 19.8 Å². The predicted molar refractivity (Wildman–Crippen MR) is 69.9 cm³/mol. The maximum Gasteiger partial charge on any atom is 0.223 e. The van der Waals surface area contributed by atoms with Crippen LogP contribution in [0.15, 0.2) is 0 Å². The largest absolute Gasteiger partial charge is 0.381 e. The van der Waals surface area contributed by atoms with Crippen LogP contribution in [0.5, 0.6) is 0 Å². The van der Waals surface area contributed by atoms with Crippen molar-refractivity contribution < 1.29 is 9.53 Å². The van der Waals surface area contributed by atoms with E-state index in [9.17, 15) is 4.79 Å². The first-order valence-corrected chi connectivity index (χ1v) is 7.13. The van der Waals surface area contributed by atoms with Crippen LogP contribution < -0.4 is 5.32 Å². The maximum absolute atomic E-state index is 11.9. The molecule has 1 heterocycles. The van der Waals surface area contributed by atoms with Gasteiger partial charge in [-0.15, -0.1) is 0 Å². The molecule has 3 nitrogen and oxygen atoms in total. The van der Waals surface area contributed by atoms with E-state index in [0.717, 1.165) is 39.0 Å². The Balaban J connectivity index is 2.20. The van der Waals surface area contributed by atoms with Gasteiger partial charge in [0.1, 0.15) is 0 Å². The van der Waals surface area contributed by atoms with Crippen LogP contribution in [0.1, 0.15) is 52.4 Å². The van der Waals surface area contributed by atoms with Gasteiger partial charge in [-0.1, -0.05) is 33.1 Å². The van der Waals surface area contributed by atoms with Gasteiger partial charge < -0.3 is 10.1 Å². The minimum Gasteiger partial charge on any atom is -0.381 e. The van der Waals surface area contributed by atoms with Crippen LogP contribution in [-0.4, -0.2) is 25.7 Å². The van der Waals surface area contributed by atoms with Crippen LogP contribution in [0.25, 0.3) is 0 Å². The number of amides is 1. The van der Waals surface area contributed by atoms with Crippen molar-refractivity contribution >= 4 is 5.91 Å². The van der Waals surface area contributed by atoms with E-state index in [0.29, 0.717) is 5.92 Å². The molecule has 17 heavy (non-hydrogen) atoms. The van der Waals surface area contributed by atoms with E-state index in [-0.39, 0.29) is 11.8 Å². The number of hydrogen-bond donors (Lipinski definition) is 1. The first kappa shape index (κ1) is 14.5. The molecule has 1 amide bonds. The zero-order chi connectivity index (χ0) is 12.5. The summed E-state index contributed by atoms with van der Waals surface area (Å²) >= 11 is 0. The van der Waals surface area contributed by atoms with Crippen LogP contribution in [-0.2, 0) is 9.53 Å². The second-order valence-corrected chi connectivity index (χ2v) is 5.05. The first-order valence-electron chi connectivity index (χ1n) is 7.13. The molecule has 0 aliphatic carbocycles. The Morgan fingerprint density at radius 1 is 1.35 bits per heavy atom. The molecule has 0 radical (unpaired) electrons. The van der Waals surface area contributed by atoms with Gasteiger partial charge in [0.2, 0.25) is 5.91 Å². The molecule has 1 unspecified atom stereocenters. The molecule has 0 aromatic rings. The third-order valence-electron chi connectivity index (χ3n) is 3.70. The van der Waals surface area contributed by atoms with E-state index in [1.54, 1.807) is 0 Å². The Hall–Kier alpha value is -0.570. The van der Waals surface area contributed by atoms with Gasteiger partial charge in [-0.3, -0.25) is 4.79 Å². The van der Waals surface area contributed by atoms with Gasteiger partial charge in [-0.2, -0.15) is 0 Å². The second kappa shape index (κ2) is 8.51. The van der Waals surface area contributed by atoms with E-state index in [2.05, 4.69) is 19.2 Å². The maximum atomic E-state index is 11.9. The quantitative estimate of drug-likeness (QED) is 0.744. The fourth-order valence-corrected chi connectivity index (χ4v) is 2.29. The van der Waals surface area contributed by atoms with E-state index in [1.807, 2.05) is 0 Å². The standard InChI is InChI=1S/C14H27NO2/c1-3-5-6-12(4-2)11-15-14(16)13-7-9-17-10-8-13/h12-13H,3-11H2,1-2H3,(H,15,16). The third-order valence-corrected chi connectivity index (χ3v) is 3.70. The molecule has 3 heteroatoms. The average Bonchev–Trinajstić information content (AvgIpc) is 2.39. The van der Waals surface area contributed by atoms with Gasteiger partial charge in [-0.25, -0.2) is 0 Å². The number of unbranched alkanes of at least 4 members (excludes halogenated alkanes) is 1. The molecule has 1 aliphatic heterocycles. The summed E-state index contributed by atoms with van der Waals surface area (Å²) in [6.07, 6.45) is 6.68. The minimum atomic E-state index is 0.187. The molecule has 1 atom stereocenters. The average molecular weight is 241 g/mol. The lowest BCUT2D eigenvalue weighted by Gasteiger charge is -2.23. The summed E-state index contributed by atoms with van der Waals surface area (Å²) in [5.74, 6) is 1.08. The number of nitrogens with one attached hydrogen (secondary N) is 1. The van der Waals surface area contributed by atoms with Crippen molar-refractivity contribution in [1.29, 1.82) is 0 Å². The molecule has 1 saturated heterocycles. The molecule has 100 valence electrons. The normalized spacial score (nSPS) is 18.9. The molecule has 1 N–H and O–H groups in total. The number of hydrogen-bond acceptors (Lipinski definition) is 2. The summed E-state index contributed by atoms with van der Waals surface area (Å²) in [7, 11) is 0. The number of rotatable bonds is 7. The van der Waals surface area contributed by atoms with Crippen molar-refractivity contribution in [1.82, 2.24) is 5.32 Å². The molecule has 1 aliphatic rings. The molecular weight excluding hydrogens is 214 g/mol. The summed E-state index contributed by atoms with van der Waals surface area (Å²) in [4.78, 5) is 11.9. The lowest BCUT2D eigenvalue weighted by molar-refractivity contribution is -0.128. The van der Waals surface area contributed by atoms with E-state index in [4.69, 9.17) is 4.74 Å². The highest BCUT2D eigenvalue weighted by molar-refractivity contribution is 5.78. The highest BCUT2D eigenvalue weighted by Crippen LogP contribution is 2.16. The zero-order valence-corrected chi connectivity index (χ0v) is 11.3. The fraction of sp³-hybridized carbons (Fsp3) is 0.929. The molecule has 1 rings (SSSR count). The Morgan fingerprint density at radius 3 is 2.65 bits per heavy atom. The third kappa shape index (κ3) is 5.53. The number of carbonyl (C=O) groups is 1. The van der Waals surface area contributed by atoms with Crippen molar-refractivity contribution in [2.24, 2.45) is 11.8 Å². The molecule has 0 spiro atoms. The van der Waals surface area contributed by atoms with E-state index >= 15 is 0 Å². The van der Waals surface area contributed by atoms with Crippen molar-refractivity contribution in [3.05, 3.63) is 0 Å². The highest BCUT2D eigenvalue weighted by Gasteiger charge is 2.21. The zero-order valence-electron chi connectivity index (χ0n) is 11.3. The number of carbonyl (C=O) groups excluding carboxylic acids is 1. The fourth-order valence-electron chi connectivity index (χ4n) is 2.29. The highest BCUT2D eigenvalue weighted by atomic mass is 16.5. The molecule has 0 aromatic carbocycles. The van der Waals surface area contributed by atoms with Gasteiger partial charge >= 0.3 is 0 Å². The molecule has 0 aromatic heterocycles. The monoisotopic (exact) mass is 241 g/mol. The molecule has 0 saturated carbocycles. The van der Waals surface area contributed by atoms with Crippen LogP contribution in [0, 0.1) is 11.8 Å². The summed E-state index contributed by atoms with van der Waals surface area (Å²) in [6, 6.07) is 0. The van der Waals surface area contributed by atoms with Crippen LogP contribution in [0.2, 0.25) is 0 Å². The van der Waals surface area contributed by atoms with Crippen LogP contribution >= 0.6 is 0 Å². The van der Waals surface area contributed by atoms with Gasteiger partial charge in [0.25, 0.3) is 0 Å². The SMILES string of the molecule is CCCCC(CC)CNC(=O)C1CCOCC1. The topological polar surface area (TPSA) is 38.3 Å². The second-order valence-electron chi connectivity index (χ2n) is 5.05. The van der Waals surface area contributed by atoms with Crippen molar-refractivity contribution in [2.45, 2.75) is 52.4 Å². The van der Waals surface area contributed by atoms with Crippen LogP contribution in [0.3, 0.4) is 0 Å². The van der Waals surface area contributed by atoms with E-state index in [1.165, 1.54) is 19.3 Å². The molecular formula is C14H27NO2. The van der Waals surface area contributed by atoms with E-state index < -0.39 is 0 Å². The Morgan fingerprint density at radius 2 is 2.06 bits per heavy atom. The Labute approximate surface area is 105 Å². The summed E-state index contributed by atoms with van der Waals surface area (Å²) in [5.41, 5.74) is 0. The first-order chi connectivity index (χ1) is 8.27. The smallest absolute Gasteiger partial charge is 0.223 e. The van der Waals surface area contributed by atoms with Crippen LogP contribution in [0.4, 0.5) is 0 Å². The molecule has 0 bridgehead atoms. The lowest BCUT2D eigenvalue weighted by atomic mass is 9.97. The van der Waals surface area contributed by atoms with Crippen molar-refractivity contribution in [3.63, 3.8) is 0 Å². The van der Waals surface area contributed by atoms with Crippen molar-refractivity contribution in [3.8, 4) is 0 Å². The number of ether oxygens (including phenoxy) is 1. The Bertz CT molecular complexity index is 212. The summed E-state index contributed by atoms with van der Waals surface area (Å²) < 4.78 is 5.27. The van der Waals surface area contributed by atoms with Gasteiger partial charge in [-0.05, 0) is 25.2 Å². The molecule has 1 fully saturated rings. The lowest BCUT2D eigenvalue weighted by Crippen LogP contribution is -2.36. The Kier molecular flexibility index (Phi) is 7.25. The van der Waals surface area contributed by atoms with Gasteiger partial charge in [0.15, 0.2) is 0 Å². The predicted octanol–water partition coefficient (Wildman–Crippen LogP) is 2.75. The minimum absolute atomic E-state index is 0.187. The van der Waals surface area contributed by atoms with Gasteiger partial charge in [0.05, 0.1) is 0 Å². The summed E-state index contributed by atoms with van der Waals surface area (Å²) in [6.45, 7) is 6.76. The van der Waals surface area contributed by atoms with Gasteiger partial charge in [0, 0.05) is 25.7 Å². The summed E-state index contributed by atoms with van der Waals surface area (Å²) in [5, 5.41) is 3.12.